The van der Waals surface area contributed by atoms with E-state index < -0.39 is 5.91 Å². The topological polar surface area (TPSA) is 90.5 Å². The van der Waals surface area contributed by atoms with E-state index >= 15 is 0 Å². The molecule has 26 heavy (non-hydrogen) atoms. The van der Waals surface area contributed by atoms with E-state index in [-0.39, 0.29) is 17.3 Å². The molecule has 1 saturated heterocycles. The van der Waals surface area contributed by atoms with Gasteiger partial charge in [-0.25, -0.2) is 4.68 Å². The summed E-state index contributed by atoms with van der Waals surface area (Å²) in [5.41, 5.74) is 6.60. The molecule has 1 unspecified atom stereocenters. The summed E-state index contributed by atoms with van der Waals surface area (Å²) in [4.78, 5) is 26.5. The number of carbonyl (C=O) groups is 2. The van der Waals surface area contributed by atoms with Gasteiger partial charge in [0, 0.05) is 25.8 Å². The van der Waals surface area contributed by atoms with Crippen LogP contribution in [0.2, 0.25) is 0 Å². The van der Waals surface area contributed by atoms with Crippen LogP contribution in [0.15, 0.2) is 36.4 Å². The minimum Gasteiger partial charge on any atom is -0.381 e. The predicted octanol–water partition coefficient (Wildman–Crippen LogP) is 1.86. The maximum atomic E-state index is 12.9. The Bertz CT molecular complexity index is 772. The van der Waals surface area contributed by atoms with Crippen molar-refractivity contribution < 1.29 is 14.3 Å². The highest BCUT2D eigenvalue weighted by Gasteiger charge is 2.27. The van der Waals surface area contributed by atoms with E-state index in [9.17, 15) is 9.59 Å². The summed E-state index contributed by atoms with van der Waals surface area (Å²) < 4.78 is 6.93. The first-order valence-corrected chi connectivity index (χ1v) is 8.92. The molecule has 0 aliphatic carbocycles. The molecule has 0 radical (unpaired) electrons. The number of benzene rings is 1. The second-order valence-corrected chi connectivity index (χ2v) is 6.45. The quantitative estimate of drug-likeness (QED) is 0.855. The lowest BCUT2D eigenvalue weighted by molar-refractivity contribution is 0.0496. The molecule has 7 heteroatoms. The largest absolute Gasteiger partial charge is 0.381 e. The van der Waals surface area contributed by atoms with Crippen molar-refractivity contribution in [2.45, 2.75) is 19.8 Å². The van der Waals surface area contributed by atoms with Crippen LogP contribution in [0.3, 0.4) is 0 Å². The van der Waals surface area contributed by atoms with E-state index in [1.807, 2.05) is 37.3 Å². The zero-order chi connectivity index (χ0) is 18.5. The molecule has 1 fully saturated rings. The third-order valence-corrected chi connectivity index (χ3v) is 4.55. The van der Waals surface area contributed by atoms with E-state index in [1.54, 1.807) is 4.90 Å². The molecule has 138 valence electrons. The van der Waals surface area contributed by atoms with Gasteiger partial charge in [-0.1, -0.05) is 18.2 Å². The first-order chi connectivity index (χ1) is 12.6. The molecule has 1 atom stereocenters. The Morgan fingerprint density at radius 2 is 2.08 bits per heavy atom. The SMILES string of the molecule is CCOCC1CCCN(C(=O)c2cc(C(N)=O)n(-c3ccccc3)n2)C1. The first kappa shape index (κ1) is 18.1. The molecule has 1 aromatic carbocycles. The van der Waals surface area contributed by atoms with Crippen molar-refractivity contribution in [3.05, 3.63) is 47.8 Å². The second-order valence-electron chi connectivity index (χ2n) is 6.45. The number of hydrogen-bond donors (Lipinski definition) is 1. The van der Waals surface area contributed by atoms with Crippen molar-refractivity contribution >= 4 is 11.8 Å². The van der Waals surface area contributed by atoms with Crippen molar-refractivity contribution in [3.63, 3.8) is 0 Å². The molecule has 2 aromatic rings. The van der Waals surface area contributed by atoms with Crippen LogP contribution >= 0.6 is 0 Å². The lowest BCUT2D eigenvalue weighted by Crippen LogP contribution is -2.41. The molecule has 0 spiro atoms. The summed E-state index contributed by atoms with van der Waals surface area (Å²) in [6.45, 7) is 4.63. The smallest absolute Gasteiger partial charge is 0.274 e. The van der Waals surface area contributed by atoms with Crippen molar-refractivity contribution in [3.8, 4) is 5.69 Å². The van der Waals surface area contributed by atoms with Crippen LogP contribution in [0.25, 0.3) is 5.69 Å². The molecular formula is C19H24N4O3. The van der Waals surface area contributed by atoms with Crippen molar-refractivity contribution in [2.75, 3.05) is 26.3 Å². The Morgan fingerprint density at radius 1 is 1.31 bits per heavy atom. The highest BCUT2D eigenvalue weighted by molar-refractivity contribution is 5.97. The van der Waals surface area contributed by atoms with E-state index in [4.69, 9.17) is 10.5 Å². The van der Waals surface area contributed by atoms with Crippen molar-refractivity contribution in [1.29, 1.82) is 0 Å². The molecule has 3 rings (SSSR count). The standard InChI is InChI=1S/C19H24N4O3/c1-2-26-13-14-7-6-10-22(12-14)19(25)16-11-17(18(20)24)23(21-16)15-8-4-3-5-9-15/h3-5,8-9,11,14H,2,6-7,10,12-13H2,1H3,(H2,20,24). The van der Waals surface area contributed by atoms with E-state index in [0.717, 1.165) is 12.8 Å². The molecule has 0 saturated carbocycles. The third kappa shape index (κ3) is 3.94. The Hall–Kier alpha value is -2.67. The normalized spacial score (nSPS) is 17.3. The number of nitrogens with two attached hydrogens (primary N) is 1. The summed E-state index contributed by atoms with van der Waals surface area (Å²) in [5.74, 6) is -0.462. The fourth-order valence-electron chi connectivity index (χ4n) is 3.26. The minimum absolute atomic E-state index is 0.177. The van der Waals surface area contributed by atoms with Crippen LogP contribution in [-0.2, 0) is 4.74 Å². The van der Waals surface area contributed by atoms with Gasteiger partial charge in [-0.2, -0.15) is 5.10 Å². The summed E-state index contributed by atoms with van der Waals surface area (Å²) in [6, 6.07) is 10.6. The fraction of sp³-hybridized carbons (Fsp3) is 0.421. The number of aromatic nitrogens is 2. The number of nitrogens with zero attached hydrogens (tertiary/aromatic N) is 3. The zero-order valence-electron chi connectivity index (χ0n) is 14.9. The lowest BCUT2D eigenvalue weighted by atomic mass is 9.98. The number of ether oxygens (including phenoxy) is 1. The maximum absolute atomic E-state index is 12.9. The highest BCUT2D eigenvalue weighted by atomic mass is 16.5. The fourth-order valence-corrected chi connectivity index (χ4v) is 3.26. The molecular weight excluding hydrogens is 332 g/mol. The molecule has 0 bridgehead atoms. The van der Waals surface area contributed by atoms with Gasteiger partial charge in [0.05, 0.1) is 12.3 Å². The number of likely N-dealkylation sites (tertiary alicyclic amines) is 1. The Labute approximate surface area is 152 Å². The number of rotatable bonds is 6. The van der Waals surface area contributed by atoms with Crippen LogP contribution < -0.4 is 5.73 Å². The summed E-state index contributed by atoms with van der Waals surface area (Å²) in [6.07, 6.45) is 1.99. The lowest BCUT2D eigenvalue weighted by Gasteiger charge is -2.32. The van der Waals surface area contributed by atoms with Crippen LogP contribution in [0.4, 0.5) is 0 Å². The van der Waals surface area contributed by atoms with Gasteiger partial charge in [-0.3, -0.25) is 9.59 Å². The maximum Gasteiger partial charge on any atom is 0.274 e. The Morgan fingerprint density at radius 3 is 2.77 bits per heavy atom. The summed E-state index contributed by atoms with van der Waals surface area (Å²) in [5, 5.41) is 4.36. The number of para-hydroxylation sites is 1. The molecule has 2 amide bonds. The van der Waals surface area contributed by atoms with Crippen molar-refractivity contribution in [2.24, 2.45) is 11.7 Å². The summed E-state index contributed by atoms with van der Waals surface area (Å²) in [7, 11) is 0. The highest BCUT2D eigenvalue weighted by Crippen LogP contribution is 2.20. The number of amides is 2. The van der Waals surface area contributed by atoms with E-state index in [0.29, 0.717) is 37.9 Å². The molecule has 1 aromatic heterocycles. The monoisotopic (exact) mass is 356 g/mol. The van der Waals surface area contributed by atoms with E-state index in [1.165, 1.54) is 10.7 Å². The van der Waals surface area contributed by atoms with Gasteiger partial charge >= 0.3 is 0 Å². The van der Waals surface area contributed by atoms with Gasteiger partial charge in [-0.05, 0) is 37.8 Å². The zero-order valence-corrected chi connectivity index (χ0v) is 14.9. The first-order valence-electron chi connectivity index (χ1n) is 8.92. The van der Waals surface area contributed by atoms with Crippen LogP contribution in [-0.4, -0.2) is 52.8 Å². The van der Waals surface area contributed by atoms with Gasteiger partial charge in [0.1, 0.15) is 5.69 Å². The molecule has 1 aliphatic rings. The number of primary amides is 1. The minimum atomic E-state index is -0.617. The van der Waals surface area contributed by atoms with Gasteiger partial charge in [-0.15, -0.1) is 0 Å². The average molecular weight is 356 g/mol. The number of hydrogen-bond acceptors (Lipinski definition) is 4. The molecule has 7 nitrogen and oxygen atoms in total. The predicted molar refractivity (Wildman–Crippen MR) is 97.2 cm³/mol. The number of carbonyl (C=O) groups excluding carboxylic acids is 2. The Balaban J connectivity index is 1.82. The van der Waals surface area contributed by atoms with Gasteiger partial charge < -0.3 is 15.4 Å². The summed E-state index contributed by atoms with van der Waals surface area (Å²) >= 11 is 0. The van der Waals surface area contributed by atoms with Gasteiger partial charge in [0.25, 0.3) is 11.8 Å². The van der Waals surface area contributed by atoms with Crippen LogP contribution in [0, 0.1) is 5.92 Å². The molecule has 1 aliphatic heterocycles. The van der Waals surface area contributed by atoms with Crippen LogP contribution in [0.1, 0.15) is 40.7 Å². The van der Waals surface area contributed by atoms with Gasteiger partial charge in [0.15, 0.2) is 5.69 Å². The van der Waals surface area contributed by atoms with Gasteiger partial charge in [0.2, 0.25) is 0 Å². The van der Waals surface area contributed by atoms with Crippen molar-refractivity contribution in [1.82, 2.24) is 14.7 Å². The molecule has 2 heterocycles. The third-order valence-electron chi connectivity index (χ3n) is 4.55. The Kier molecular flexibility index (Phi) is 5.68. The van der Waals surface area contributed by atoms with E-state index in [2.05, 4.69) is 5.10 Å². The molecule has 2 N–H and O–H groups in total. The van der Waals surface area contributed by atoms with Crippen LogP contribution in [0.5, 0.6) is 0 Å². The number of piperidine rings is 1. The average Bonchev–Trinajstić information content (AvgIpc) is 3.12. The second kappa shape index (κ2) is 8.14.